The average molecular weight is 220 g/mol. The Morgan fingerprint density at radius 3 is 2.77 bits per heavy atom. The van der Waals surface area contributed by atoms with Crippen molar-refractivity contribution in [1.29, 1.82) is 0 Å². The van der Waals surface area contributed by atoms with Gasteiger partial charge in [0.15, 0.2) is 0 Å². The number of halogens is 2. The minimum Gasteiger partial charge on any atom is -0.492 e. The Labute approximate surface area is 87.6 Å². The summed E-state index contributed by atoms with van der Waals surface area (Å²) in [5.74, 6) is 0.614. The van der Waals surface area contributed by atoms with Crippen molar-refractivity contribution in [3.05, 3.63) is 28.2 Å². The van der Waals surface area contributed by atoms with E-state index in [0.717, 1.165) is 6.42 Å². The molecule has 0 radical (unpaired) electrons. The zero-order valence-electron chi connectivity index (χ0n) is 7.09. The summed E-state index contributed by atoms with van der Waals surface area (Å²) in [7, 11) is 0. The van der Waals surface area contributed by atoms with E-state index >= 15 is 0 Å². The molecule has 2 N–H and O–H groups in total. The van der Waals surface area contributed by atoms with E-state index < -0.39 is 0 Å². The van der Waals surface area contributed by atoms with E-state index in [1.165, 1.54) is 0 Å². The van der Waals surface area contributed by atoms with Gasteiger partial charge in [-0.2, -0.15) is 0 Å². The Morgan fingerprint density at radius 1 is 1.31 bits per heavy atom. The smallest absolute Gasteiger partial charge is 0.139 e. The molecule has 1 aromatic carbocycles. The second kappa shape index (κ2) is 5.32. The summed E-state index contributed by atoms with van der Waals surface area (Å²) in [5.41, 5.74) is 5.32. The molecule has 0 bridgehead atoms. The molecule has 0 aliphatic carbocycles. The minimum absolute atomic E-state index is 0.459. The molecule has 0 fully saturated rings. The molecule has 2 nitrogen and oxygen atoms in total. The number of hydrogen-bond donors (Lipinski definition) is 1. The third-order valence-corrected chi connectivity index (χ3v) is 2.32. The van der Waals surface area contributed by atoms with E-state index in [1.54, 1.807) is 18.2 Å². The number of rotatable bonds is 4. The molecular weight excluding hydrogens is 209 g/mol. The summed E-state index contributed by atoms with van der Waals surface area (Å²) in [6, 6.07) is 5.30. The standard InChI is InChI=1S/C9H11Cl2NO/c10-7-3-1-4-8(9(7)11)13-6-2-5-12/h1,3-4H,2,5-6,12H2. The molecule has 4 heteroatoms. The fraction of sp³-hybridized carbons (Fsp3) is 0.333. The van der Waals surface area contributed by atoms with E-state index in [-0.39, 0.29) is 0 Å². The zero-order chi connectivity index (χ0) is 9.68. The molecule has 0 aliphatic rings. The van der Waals surface area contributed by atoms with Crippen LogP contribution in [-0.2, 0) is 0 Å². The van der Waals surface area contributed by atoms with E-state index in [4.69, 9.17) is 33.7 Å². The fourth-order valence-electron chi connectivity index (χ4n) is 0.861. The number of benzene rings is 1. The highest BCUT2D eigenvalue weighted by Crippen LogP contribution is 2.31. The zero-order valence-corrected chi connectivity index (χ0v) is 8.61. The van der Waals surface area contributed by atoms with Gasteiger partial charge in [0.25, 0.3) is 0 Å². The number of nitrogens with two attached hydrogens (primary N) is 1. The maximum absolute atomic E-state index is 5.88. The maximum Gasteiger partial charge on any atom is 0.139 e. The number of hydrogen-bond acceptors (Lipinski definition) is 2. The number of ether oxygens (including phenoxy) is 1. The quantitative estimate of drug-likeness (QED) is 0.791. The third-order valence-electron chi connectivity index (χ3n) is 1.52. The highest BCUT2D eigenvalue weighted by Gasteiger charge is 2.03. The Hall–Kier alpha value is -0.440. The normalized spacial score (nSPS) is 10.1. The summed E-state index contributed by atoms with van der Waals surface area (Å²) in [5, 5.41) is 0.966. The van der Waals surface area contributed by atoms with E-state index in [2.05, 4.69) is 0 Å². The van der Waals surface area contributed by atoms with Crippen molar-refractivity contribution in [3.8, 4) is 5.75 Å². The van der Waals surface area contributed by atoms with E-state index in [0.29, 0.717) is 28.9 Å². The first kappa shape index (κ1) is 10.6. The fourth-order valence-corrected chi connectivity index (χ4v) is 1.21. The molecule has 1 aromatic rings. The van der Waals surface area contributed by atoms with Gasteiger partial charge in [-0.3, -0.25) is 0 Å². The molecule has 0 atom stereocenters. The van der Waals surface area contributed by atoms with Crippen molar-refractivity contribution in [2.24, 2.45) is 5.73 Å². The highest BCUT2D eigenvalue weighted by molar-refractivity contribution is 6.42. The van der Waals surface area contributed by atoms with Crippen LogP contribution >= 0.6 is 23.2 Å². The first-order valence-electron chi connectivity index (χ1n) is 4.02. The second-order valence-electron chi connectivity index (χ2n) is 2.54. The van der Waals surface area contributed by atoms with E-state index in [9.17, 15) is 0 Å². The van der Waals surface area contributed by atoms with Gasteiger partial charge in [0, 0.05) is 0 Å². The van der Waals surface area contributed by atoms with Crippen LogP contribution in [0.4, 0.5) is 0 Å². The minimum atomic E-state index is 0.459. The lowest BCUT2D eigenvalue weighted by atomic mass is 10.3. The second-order valence-corrected chi connectivity index (χ2v) is 3.33. The van der Waals surface area contributed by atoms with Crippen LogP contribution in [0.25, 0.3) is 0 Å². The summed E-state index contributed by atoms with van der Waals surface area (Å²) in [6.07, 6.45) is 0.808. The topological polar surface area (TPSA) is 35.2 Å². The average Bonchev–Trinajstić information content (AvgIpc) is 2.13. The van der Waals surface area contributed by atoms with E-state index in [1.807, 2.05) is 0 Å². The first-order valence-corrected chi connectivity index (χ1v) is 4.78. The van der Waals surface area contributed by atoms with Crippen LogP contribution in [0.3, 0.4) is 0 Å². The van der Waals surface area contributed by atoms with Crippen LogP contribution in [0.15, 0.2) is 18.2 Å². The van der Waals surface area contributed by atoms with Crippen molar-refractivity contribution >= 4 is 23.2 Å². The largest absolute Gasteiger partial charge is 0.492 e. The summed E-state index contributed by atoms with van der Waals surface area (Å²) in [4.78, 5) is 0. The summed E-state index contributed by atoms with van der Waals surface area (Å²) in [6.45, 7) is 1.18. The molecule has 0 spiro atoms. The molecule has 0 saturated heterocycles. The van der Waals surface area contributed by atoms with Crippen LogP contribution in [0.2, 0.25) is 10.0 Å². The van der Waals surface area contributed by atoms with Crippen molar-refractivity contribution < 1.29 is 4.74 Å². The van der Waals surface area contributed by atoms with Crippen molar-refractivity contribution in [2.45, 2.75) is 6.42 Å². The SMILES string of the molecule is NCCCOc1cccc(Cl)c1Cl. The molecule has 0 saturated carbocycles. The first-order chi connectivity index (χ1) is 6.25. The molecular formula is C9H11Cl2NO. The summed E-state index contributed by atoms with van der Waals surface area (Å²) < 4.78 is 5.36. The lowest BCUT2D eigenvalue weighted by molar-refractivity contribution is 0.313. The Morgan fingerprint density at radius 2 is 2.08 bits per heavy atom. The van der Waals surface area contributed by atoms with Gasteiger partial charge in [-0.05, 0) is 25.1 Å². The molecule has 0 aliphatic heterocycles. The third kappa shape index (κ3) is 3.07. The molecule has 1 rings (SSSR count). The van der Waals surface area contributed by atoms with Gasteiger partial charge in [0.2, 0.25) is 0 Å². The van der Waals surface area contributed by atoms with Gasteiger partial charge in [0.1, 0.15) is 10.8 Å². The Bertz CT molecular complexity index is 278. The Balaban J connectivity index is 2.61. The van der Waals surface area contributed by atoms with Gasteiger partial charge < -0.3 is 10.5 Å². The van der Waals surface area contributed by atoms with Gasteiger partial charge in [-0.25, -0.2) is 0 Å². The molecule has 0 aromatic heterocycles. The summed E-state index contributed by atoms with van der Waals surface area (Å²) >= 11 is 11.7. The van der Waals surface area contributed by atoms with Crippen LogP contribution in [0, 0.1) is 0 Å². The predicted molar refractivity (Wildman–Crippen MR) is 55.6 cm³/mol. The predicted octanol–water partition coefficient (Wildman–Crippen LogP) is 2.72. The monoisotopic (exact) mass is 219 g/mol. The maximum atomic E-state index is 5.88. The van der Waals surface area contributed by atoms with Gasteiger partial charge in [-0.1, -0.05) is 29.3 Å². The lowest BCUT2D eigenvalue weighted by Gasteiger charge is -2.07. The van der Waals surface area contributed by atoms with Crippen molar-refractivity contribution in [3.63, 3.8) is 0 Å². The highest BCUT2D eigenvalue weighted by atomic mass is 35.5. The van der Waals surface area contributed by atoms with Crippen LogP contribution in [0.5, 0.6) is 5.75 Å². The molecule has 0 amide bonds. The van der Waals surface area contributed by atoms with Crippen LogP contribution in [0.1, 0.15) is 6.42 Å². The van der Waals surface area contributed by atoms with Crippen LogP contribution in [-0.4, -0.2) is 13.2 Å². The van der Waals surface area contributed by atoms with Gasteiger partial charge >= 0.3 is 0 Å². The van der Waals surface area contributed by atoms with Crippen molar-refractivity contribution in [1.82, 2.24) is 0 Å². The molecule has 0 heterocycles. The Kier molecular flexibility index (Phi) is 4.36. The van der Waals surface area contributed by atoms with Gasteiger partial charge in [-0.15, -0.1) is 0 Å². The van der Waals surface area contributed by atoms with Crippen LogP contribution < -0.4 is 10.5 Å². The van der Waals surface area contributed by atoms with Gasteiger partial charge in [0.05, 0.1) is 11.6 Å². The molecule has 13 heavy (non-hydrogen) atoms. The lowest BCUT2D eigenvalue weighted by Crippen LogP contribution is -2.06. The molecule has 0 unspecified atom stereocenters. The molecule has 72 valence electrons. The van der Waals surface area contributed by atoms with Crippen molar-refractivity contribution in [2.75, 3.05) is 13.2 Å².